The molecule has 1 aromatic rings. The Bertz CT molecular complexity index is 756. The predicted molar refractivity (Wildman–Crippen MR) is 103 cm³/mol. The van der Waals surface area contributed by atoms with Gasteiger partial charge >= 0.3 is 0 Å². The molecule has 1 aromatic carbocycles. The molecular formula is C18H28N4O4S. The van der Waals surface area contributed by atoms with Crippen LogP contribution in [0.1, 0.15) is 12.8 Å². The number of nitrogens with two attached hydrogens (primary N) is 1. The van der Waals surface area contributed by atoms with Crippen LogP contribution >= 0.6 is 0 Å². The number of amides is 1. The maximum Gasteiger partial charge on any atom is 0.243 e. The molecule has 0 radical (unpaired) electrons. The van der Waals surface area contributed by atoms with Crippen molar-refractivity contribution in [3.63, 3.8) is 0 Å². The molecule has 0 bridgehead atoms. The minimum atomic E-state index is -3.58. The normalized spacial score (nSPS) is 21.7. The lowest BCUT2D eigenvalue weighted by Gasteiger charge is -2.31. The van der Waals surface area contributed by atoms with Crippen LogP contribution in [0.3, 0.4) is 0 Å². The van der Waals surface area contributed by atoms with Gasteiger partial charge in [-0.25, -0.2) is 8.42 Å². The van der Waals surface area contributed by atoms with Gasteiger partial charge in [0.15, 0.2) is 0 Å². The van der Waals surface area contributed by atoms with Gasteiger partial charge in [0.05, 0.1) is 10.9 Å². The molecule has 0 aliphatic carbocycles. The van der Waals surface area contributed by atoms with Gasteiger partial charge in [-0.05, 0) is 44.0 Å². The third-order valence-electron chi connectivity index (χ3n) is 5.28. The van der Waals surface area contributed by atoms with E-state index < -0.39 is 16.1 Å². The van der Waals surface area contributed by atoms with Crippen molar-refractivity contribution in [2.75, 3.05) is 51.8 Å². The minimum Gasteiger partial charge on any atom is -0.381 e. The summed E-state index contributed by atoms with van der Waals surface area (Å²) in [4.78, 5) is 14.8. The summed E-state index contributed by atoms with van der Waals surface area (Å²) in [6.45, 7) is 3.56. The zero-order chi connectivity index (χ0) is 19.4. The lowest BCUT2D eigenvalue weighted by Crippen LogP contribution is -2.47. The molecule has 2 heterocycles. The topological polar surface area (TPSA) is 105 Å². The molecule has 1 amide bonds. The Morgan fingerprint density at radius 1 is 1.22 bits per heavy atom. The van der Waals surface area contributed by atoms with Crippen molar-refractivity contribution >= 4 is 21.6 Å². The number of anilines is 1. The van der Waals surface area contributed by atoms with Crippen LogP contribution in [0.4, 0.5) is 5.69 Å². The summed E-state index contributed by atoms with van der Waals surface area (Å²) < 4.78 is 32.5. The van der Waals surface area contributed by atoms with E-state index in [9.17, 15) is 13.2 Å². The van der Waals surface area contributed by atoms with Crippen LogP contribution in [-0.4, -0.2) is 76.0 Å². The van der Waals surface area contributed by atoms with Gasteiger partial charge in [-0.15, -0.1) is 0 Å². The molecule has 3 N–H and O–H groups in total. The second kappa shape index (κ2) is 8.66. The molecule has 3 rings (SSSR count). The monoisotopic (exact) mass is 396 g/mol. The second-order valence-corrected chi connectivity index (χ2v) is 9.14. The summed E-state index contributed by atoms with van der Waals surface area (Å²) in [6, 6.07) is 5.74. The highest BCUT2D eigenvalue weighted by atomic mass is 32.2. The number of benzene rings is 1. The van der Waals surface area contributed by atoms with Gasteiger partial charge in [-0.1, -0.05) is 6.07 Å². The molecular weight excluding hydrogens is 368 g/mol. The molecule has 2 fully saturated rings. The largest absolute Gasteiger partial charge is 0.381 e. The molecule has 1 unspecified atom stereocenters. The van der Waals surface area contributed by atoms with Crippen LogP contribution in [0.2, 0.25) is 0 Å². The summed E-state index contributed by atoms with van der Waals surface area (Å²) in [5.74, 6) is -0.216. The van der Waals surface area contributed by atoms with E-state index in [1.807, 2.05) is 7.05 Å². The number of likely N-dealkylation sites (N-methyl/N-ethyl adjacent to an activating group) is 1. The number of hydrogen-bond acceptors (Lipinski definition) is 6. The van der Waals surface area contributed by atoms with Crippen molar-refractivity contribution in [3.8, 4) is 0 Å². The van der Waals surface area contributed by atoms with E-state index in [4.69, 9.17) is 10.5 Å². The summed E-state index contributed by atoms with van der Waals surface area (Å²) in [5.41, 5.74) is 6.54. The number of carbonyl (C=O) groups excluding carboxylic acids is 1. The van der Waals surface area contributed by atoms with Gasteiger partial charge < -0.3 is 20.7 Å². The van der Waals surface area contributed by atoms with E-state index in [2.05, 4.69) is 10.2 Å². The van der Waals surface area contributed by atoms with Gasteiger partial charge in [-0.3, -0.25) is 4.79 Å². The fraction of sp³-hybridized carbons (Fsp3) is 0.611. The van der Waals surface area contributed by atoms with Crippen molar-refractivity contribution in [1.29, 1.82) is 0 Å². The molecule has 2 aliphatic heterocycles. The highest BCUT2D eigenvalue weighted by Crippen LogP contribution is 2.22. The number of carbonyl (C=O) groups is 1. The SMILES string of the molecule is CN1CCN(S(=O)(=O)c2cccc(NC(=O)C(N)C3CCOCC3)c2)CC1. The Hall–Kier alpha value is -1.52. The molecule has 1 atom stereocenters. The molecule has 0 spiro atoms. The van der Waals surface area contributed by atoms with Crippen LogP contribution in [0, 0.1) is 5.92 Å². The third-order valence-corrected chi connectivity index (χ3v) is 7.17. The van der Waals surface area contributed by atoms with Gasteiger partial charge in [0.25, 0.3) is 0 Å². The standard InChI is InChI=1S/C18H28N4O4S/c1-21-7-9-22(10-8-21)27(24,25)16-4-2-3-15(13-16)20-18(23)17(19)14-5-11-26-12-6-14/h2-4,13-14,17H,5-12,19H2,1H3,(H,20,23). The highest BCUT2D eigenvalue weighted by molar-refractivity contribution is 7.89. The van der Waals surface area contributed by atoms with Gasteiger partial charge in [0, 0.05) is 45.1 Å². The van der Waals surface area contributed by atoms with Crippen LogP contribution in [0.15, 0.2) is 29.2 Å². The van der Waals surface area contributed by atoms with Gasteiger partial charge in [-0.2, -0.15) is 4.31 Å². The van der Waals surface area contributed by atoms with E-state index >= 15 is 0 Å². The third kappa shape index (κ3) is 4.85. The zero-order valence-corrected chi connectivity index (χ0v) is 16.5. The average molecular weight is 397 g/mol. The fourth-order valence-electron chi connectivity index (χ4n) is 3.43. The van der Waals surface area contributed by atoms with Crippen molar-refractivity contribution in [3.05, 3.63) is 24.3 Å². The number of nitrogens with zero attached hydrogens (tertiary/aromatic N) is 2. The second-order valence-electron chi connectivity index (χ2n) is 7.20. The number of rotatable bonds is 5. The summed E-state index contributed by atoms with van der Waals surface area (Å²) in [7, 11) is -1.60. The number of ether oxygens (including phenoxy) is 1. The van der Waals surface area contributed by atoms with Crippen molar-refractivity contribution in [2.24, 2.45) is 11.7 Å². The first kappa shape index (κ1) is 20.2. The van der Waals surface area contributed by atoms with Crippen molar-refractivity contribution in [2.45, 2.75) is 23.8 Å². The first-order chi connectivity index (χ1) is 12.9. The summed E-state index contributed by atoms with van der Waals surface area (Å²) >= 11 is 0. The van der Waals surface area contributed by atoms with Crippen LogP contribution in [0.25, 0.3) is 0 Å². The van der Waals surface area contributed by atoms with Crippen LogP contribution < -0.4 is 11.1 Å². The van der Waals surface area contributed by atoms with Crippen molar-refractivity contribution in [1.82, 2.24) is 9.21 Å². The van der Waals surface area contributed by atoms with E-state index in [0.29, 0.717) is 45.1 Å². The smallest absolute Gasteiger partial charge is 0.243 e. The number of sulfonamides is 1. The Morgan fingerprint density at radius 2 is 1.89 bits per heavy atom. The molecule has 2 aliphatic rings. The molecule has 0 aromatic heterocycles. The van der Waals surface area contributed by atoms with Crippen LogP contribution in [-0.2, 0) is 19.6 Å². The first-order valence-electron chi connectivity index (χ1n) is 9.31. The van der Waals surface area contributed by atoms with Gasteiger partial charge in [0.1, 0.15) is 0 Å². The molecule has 0 saturated carbocycles. The van der Waals surface area contributed by atoms with Crippen molar-refractivity contribution < 1.29 is 17.9 Å². The lowest BCUT2D eigenvalue weighted by molar-refractivity contribution is -0.119. The van der Waals surface area contributed by atoms with Gasteiger partial charge in [0.2, 0.25) is 15.9 Å². The number of nitrogens with one attached hydrogen (secondary N) is 1. The zero-order valence-electron chi connectivity index (χ0n) is 15.6. The highest BCUT2D eigenvalue weighted by Gasteiger charge is 2.29. The number of piperazine rings is 1. The molecule has 8 nitrogen and oxygen atoms in total. The maximum atomic E-state index is 12.9. The number of hydrogen-bond donors (Lipinski definition) is 2. The summed E-state index contributed by atoms with van der Waals surface area (Å²) in [5, 5.41) is 2.77. The fourth-order valence-corrected chi connectivity index (χ4v) is 4.90. The Labute approximate surface area is 160 Å². The molecule has 2 saturated heterocycles. The van der Waals surface area contributed by atoms with E-state index in [0.717, 1.165) is 12.8 Å². The molecule has 150 valence electrons. The van der Waals surface area contributed by atoms with E-state index in [1.54, 1.807) is 18.2 Å². The summed E-state index contributed by atoms with van der Waals surface area (Å²) in [6.07, 6.45) is 1.51. The predicted octanol–water partition coefficient (Wildman–Crippen LogP) is 0.315. The first-order valence-corrected chi connectivity index (χ1v) is 10.7. The molecule has 27 heavy (non-hydrogen) atoms. The Kier molecular flexibility index (Phi) is 6.48. The van der Waals surface area contributed by atoms with E-state index in [1.165, 1.54) is 10.4 Å². The molecule has 9 heteroatoms. The van der Waals surface area contributed by atoms with Crippen LogP contribution in [0.5, 0.6) is 0 Å². The maximum absolute atomic E-state index is 12.9. The average Bonchev–Trinajstić information content (AvgIpc) is 2.68. The minimum absolute atomic E-state index is 0.0796. The quantitative estimate of drug-likeness (QED) is 0.742. The Balaban J connectivity index is 1.68. The van der Waals surface area contributed by atoms with E-state index in [-0.39, 0.29) is 16.7 Å². The lowest BCUT2D eigenvalue weighted by atomic mass is 9.92. The Morgan fingerprint density at radius 3 is 2.56 bits per heavy atom.